The van der Waals surface area contributed by atoms with E-state index in [1.165, 1.54) is 6.92 Å². The molecular formula is C9H23N3O10. The second-order valence-electron chi connectivity index (χ2n) is 3.49. The number of hydrogen-bond acceptors (Lipinski definition) is 9. The average molecular weight is 333 g/mol. The minimum atomic E-state index is -2.74. The first-order valence-electron chi connectivity index (χ1n) is 4.72. The van der Waals surface area contributed by atoms with Gasteiger partial charge < -0.3 is 49.1 Å². The van der Waals surface area contributed by atoms with Crippen LogP contribution >= 0.6 is 0 Å². The van der Waals surface area contributed by atoms with E-state index >= 15 is 0 Å². The molecule has 0 heterocycles. The fraction of sp³-hybridized carbons (Fsp3) is 0.556. The van der Waals surface area contributed by atoms with Crippen molar-refractivity contribution in [2.24, 2.45) is 0 Å². The van der Waals surface area contributed by atoms with E-state index in [9.17, 15) is 19.2 Å². The van der Waals surface area contributed by atoms with Gasteiger partial charge in [-0.1, -0.05) is 0 Å². The molecule has 0 saturated carbocycles. The third-order valence-corrected chi connectivity index (χ3v) is 1.64. The maximum atomic E-state index is 10.3. The van der Waals surface area contributed by atoms with Crippen LogP contribution in [0.4, 0.5) is 0 Å². The molecule has 15 N–H and O–H groups in total. The summed E-state index contributed by atoms with van der Waals surface area (Å²) < 4.78 is 0. The van der Waals surface area contributed by atoms with Crippen molar-refractivity contribution >= 4 is 23.9 Å². The minimum absolute atomic E-state index is 0. The van der Waals surface area contributed by atoms with Gasteiger partial charge in [0, 0.05) is 0 Å². The number of aliphatic hydroxyl groups excluding tert-OH is 1. The third kappa shape index (κ3) is 15.7. The molecule has 0 aliphatic heterocycles. The van der Waals surface area contributed by atoms with Gasteiger partial charge in [0.05, 0.1) is 12.8 Å². The Kier molecular flexibility index (Phi) is 19.8. The Balaban J connectivity index is -0.0000000933. The molecule has 13 nitrogen and oxygen atoms in total. The van der Waals surface area contributed by atoms with Gasteiger partial charge in [-0.2, -0.15) is 0 Å². The summed E-state index contributed by atoms with van der Waals surface area (Å²) in [5.74, 6) is -6.20. The lowest BCUT2D eigenvalue weighted by Gasteiger charge is -2.18. The zero-order chi connectivity index (χ0) is 15.8. The Morgan fingerprint density at radius 1 is 0.864 bits per heavy atom. The maximum absolute atomic E-state index is 10.3. The lowest BCUT2D eigenvalue weighted by atomic mass is 9.96. The lowest BCUT2D eigenvalue weighted by Crippen LogP contribution is -2.42. The molecule has 0 aliphatic carbocycles. The van der Waals surface area contributed by atoms with E-state index in [-0.39, 0.29) is 18.5 Å². The van der Waals surface area contributed by atoms with Crippen molar-refractivity contribution < 1.29 is 49.8 Å². The summed E-state index contributed by atoms with van der Waals surface area (Å²) in [4.78, 5) is 39.9. The predicted molar refractivity (Wildman–Crippen MR) is 71.5 cm³/mol. The lowest BCUT2D eigenvalue weighted by molar-refractivity contribution is -0.170. The molecular weight excluding hydrogens is 310 g/mol. The van der Waals surface area contributed by atoms with Crippen LogP contribution in [0.5, 0.6) is 0 Å². The molecule has 0 aromatic carbocycles. The standard InChI is InChI=1S/C6H8O7.C3H6O3.3H3N/c7-3(8)1-6(13,5(11)12)2-4(9)10;1-2(4)3(5)6;;;/h13H,1-2H2,(H,7,8)(H,9,10)(H,11,12);2,4H,1H3,(H,5,6);3*1H3. The van der Waals surface area contributed by atoms with Crippen LogP contribution in [-0.4, -0.2) is 66.2 Å². The summed E-state index contributed by atoms with van der Waals surface area (Å²) in [6.45, 7) is 1.20. The van der Waals surface area contributed by atoms with Crippen LogP contribution in [0.15, 0.2) is 0 Å². The van der Waals surface area contributed by atoms with Crippen molar-refractivity contribution in [3.05, 3.63) is 0 Å². The Morgan fingerprint density at radius 2 is 1.09 bits per heavy atom. The molecule has 13 heteroatoms. The van der Waals surface area contributed by atoms with Crippen LogP contribution in [0, 0.1) is 0 Å². The molecule has 0 bridgehead atoms. The summed E-state index contributed by atoms with van der Waals surface area (Å²) >= 11 is 0. The van der Waals surface area contributed by atoms with Crippen LogP contribution in [0.2, 0.25) is 0 Å². The first-order valence-corrected chi connectivity index (χ1v) is 4.72. The molecule has 1 unspecified atom stereocenters. The highest BCUT2D eigenvalue weighted by Gasteiger charge is 2.40. The molecule has 0 spiro atoms. The predicted octanol–water partition coefficient (Wildman–Crippen LogP) is -1.31. The van der Waals surface area contributed by atoms with E-state index in [1.54, 1.807) is 0 Å². The second-order valence-corrected chi connectivity index (χ2v) is 3.49. The number of rotatable bonds is 6. The first kappa shape index (κ1) is 31.9. The van der Waals surface area contributed by atoms with Crippen molar-refractivity contribution in [1.29, 1.82) is 0 Å². The smallest absolute Gasteiger partial charge is 0.336 e. The molecule has 1 atom stereocenters. The Hall–Kier alpha value is -2.32. The quantitative estimate of drug-likeness (QED) is 0.273. The van der Waals surface area contributed by atoms with Crippen LogP contribution in [-0.2, 0) is 19.2 Å². The summed E-state index contributed by atoms with van der Waals surface area (Å²) in [6.07, 6.45) is -3.52. The van der Waals surface area contributed by atoms with Crippen molar-refractivity contribution in [1.82, 2.24) is 18.5 Å². The van der Waals surface area contributed by atoms with Crippen LogP contribution in [0.1, 0.15) is 19.8 Å². The number of aliphatic carboxylic acids is 4. The summed E-state index contributed by atoms with van der Waals surface area (Å²) in [7, 11) is 0. The van der Waals surface area contributed by atoms with Gasteiger partial charge in [-0.15, -0.1) is 0 Å². The van der Waals surface area contributed by atoms with E-state index in [1.807, 2.05) is 0 Å². The Bertz CT molecular complexity index is 355. The molecule has 134 valence electrons. The fourth-order valence-corrected chi connectivity index (χ4v) is 0.714. The van der Waals surface area contributed by atoms with Gasteiger partial charge in [0.1, 0.15) is 6.10 Å². The van der Waals surface area contributed by atoms with Gasteiger partial charge in [-0.3, -0.25) is 9.59 Å². The Morgan fingerprint density at radius 3 is 1.18 bits per heavy atom. The highest BCUT2D eigenvalue weighted by Crippen LogP contribution is 2.15. The second kappa shape index (κ2) is 13.7. The zero-order valence-corrected chi connectivity index (χ0v) is 11.9. The van der Waals surface area contributed by atoms with E-state index in [0.717, 1.165) is 0 Å². The van der Waals surface area contributed by atoms with E-state index < -0.39 is 48.4 Å². The summed E-state index contributed by atoms with van der Waals surface area (Å²) in [5.41, 5.74) is -2.74. The highest BCUT2D eigenvalue weighted by molar-refractivity contribution is 5.88. The van der Waals surface area contributed by atoms with E-state index in [0.29, 0.717) is 0 Å². The van der Waals surface area contributed by atoms with Crippen LogP contribution < -0.4 is 18.5 Å². The minimum Gasteiger partial charge on any atom is -0.481 e. The molecule has 0 aromatic heterocycles. The monoisotopic (exact) mass is 333 g/mol. The van der Waals surface area contributed by atoms with Crippen LogP contribution in [0.25, 0.3) is 0 Å². The number of aliphatic hydroxyl groups is 2. The Labute approximate surface area is 124 Å². The number of carbonyl (C=O) groups is 4. The molecule has 0 amide bonds. The van der Waals surface area contributed by atoms with E-state index in [4.69, 9.17) is 30.6 Å². The van der Waals surface area contributed by atoms with Crippen molar-refractivity contribution in [3.8, 4) is 0 Å². The fourth-order valence-electron chi connectivity index (χ4n) is 0.714. The maximum Gasteiger partial charge on any atom is 0.336 e. The molecule has 22 heavy (non-hydrogen) atoms. The highest BCUT2D eigenvalue weighted by atomic mass is 16.4. The number of carboxylic acids is 4. The summed E-state index contributed by atoms with van der Waals surface area (Å²) in [6, 6.07) is 0. The third-order valence-electron chi connectivity index (χ3n) is 1.64. The number of carboxylic acid groups (broad SMARTS) is 4. The van der Waals surface area contributed by atoms with E-state index in [2.05, 4.69) is 0 Å². The molecule has 0 fully saturated rings. The first-order chi connectivity index (χ1) is 8.42. The van der Waals surface area contributed by atoms with Crippen molar-refractivity contribution in [3.63, 3.8) is 0 Å². The largest absolute Gasteiger partial charge is 0.481 e. The van der Waals surface area contributed by atoms with Crippen molar-refractivity contribution in [2.75, 3.05) is 0 Å². The topological polar surface area (TPSA) is 295 Å². The van der Waals surface area contributed by atoms with Gasteiger partial charge in [-0.25, -0.2) is 9.59 Å². The van der Waals surface area contributed by atoms with Gasteiger partial charge in [0.2, 0.25) is 0 Å². The van der Waals surface area contributed by atoms with Gasteiger partial charge in [-0.05, 0) is 6.92 Å². The average Bonchev–Trinajstić information content (AvgIpc) is 2.14. The molecule has 0 saturated heterocycles. The number of hydrogen-bond donors (Lipinski definition) is 9. The van der Waals surface area contributed by atoms with Crippen LogP contribution in [0.3, 0.4) is 0 Å². The van der Waals surface area contributed by atoms with Gasteiger partial charge in [0.15, 0.2) is 5.60 Å². The van der Waals surface area contributed by atoms with Gasteiger partial charge in [0.25, 0.3) is 0 Å². The molecule has 0 radical (unpaired) electrons. The zero-order valence-electron chi connectivity index (χ0n) is 11.9. The van der Waals surface area contributed by atoms with Crippen molar-refractivity contribution in [2.45, 2.75) is 31.5 Å². The SMILES string of the molecule is CC(O)C(=O)O.N.N.N.O=C(O)CC(O)(CC(=O)O)C(=O)O. The summed E-state index contributed by atoms with van der Waals surface area (Å²) in [5, 5.41) is 49.6. The van der Waals surface area contributed by atoms with Gasteiger partial charge >= 0.3 is 23.9 Å². The molecule has 0 rings (SSSR count). The molecule has 0 aromatic rings. The molecule has 0 aliphatic rings. The normalized spacial score (nSPS) is 10.1.